The Kier molecular flexibility index (Phi) is 4.61. The molecule has 2 aromatic carbocycles. The maximum Gasteiger partial charge on any atom is 0.573 e. The van der Waals surface area contributed by atoms with Crippen molar-refractivity contribution in [2.75, 3.05) is 0 Å². The lowest BCUT2D eigenvalue weighted by Gasteiger charge is -2.10. The normalized spacial score (nSPS) is 11.3. The molecule has 0 heterocycles. The van der Waals surface area contributed by atoms with Crippen LogP contribution in [0.3, 0.4) is 0 Å². The summed E-state index contributed by atoms with van der Waals surface area (Å²) < 4.78 is 40.0. The highest BCUT2D eigenvalue weighted by molar-refractivity contribution is 6.31. The van der Waals surface area contributed by atoms with Gasteiger partial charge in [0.15, 0.2) is 0 Å². The lowest BCUT2D eigenvalue weighted by atomic mass is 10.0. The fourth-order valence-electron chi connectivity index (χ4n) is 1.88. The summed E-state index contributed by atoms with van der Waals surface area (Å²) >= 11 is 6.00. The molecule has 0 spiro atoms. The number of carboxylic acid groups (broad SMARTS) is 1. The maximum atomic E-state index is 12.1. The van der Waals surface area contributed by atoms with Gasteiger partial charge in [-0.2, -0.15) is 0 Å². The van der Waals surface area contributed by atoms with E-state index >= 15 is 0 Å². The van der Waals surface area contributed by atoms with Crippen LogP contribution in [0.25, 0.3) is 11.1 Å². The smallest absolute Gasteiger partial charge is 0.481 e. The zero-order valence-corrected chi connectivity index (χ0v) is 11.8. The first-order valence-electron chi connectivity index (χ1n) is 6.11. The third-order valence-corrected chi connectivity index (χ3v) is 3.17. The van der Waals surface area contributed by atoms with Gasteiger partial charge in [0, 0.05) is 5.02 Å². The lowest BCUT2D eigenvalue weighted by Crippen LogP contribution is -2.16. The molecule has 0 aromatic heterocycles. The van der Waals surface area contributed by atoms with Crippen molar-refractivity contribution >= 4 is 17.6 Å². The molecule has 0 radical (unpaired) electrons. The van der Waals surface area contributed by atoms with Gasteiger partial charge in [-0.1, -0.05) is 35.9 Å². The highest BCUT2D eigenvalue weighted by Crippen LogP contribution is 2.29. The summed E-state index contributed by atoms with van der Waals surface area (Å²) in [5, 5.41) is 9.02. The molecule has 7 heteroatoms. The van der Waals surface area contributed by atoms with E-state index in [0.29, 0.717) is 16.7 Å². The Bertz CT molecular complexity index is 681. The van der Waals surface area contributed by atoms with E-state index in [1.54, 1.807) is 18.2 Å². The molecular formula is C15H10ClF3O3. The molecule has 0 aliphatic heterocycles. The minimum Gasteiger partial charge on any atom is -0.481 e. The van der Waals surface area contributed by atoms with Crippen LogP contribution in [0.15, 0.2) is 42.5 Å². The highest BCUT2D eigenvalue weighted by atomic mass is 35.5. The maximum absolute atomic E-state index is 12.1. The number of halogens is 4. The molecule has 0 fully saturated rings. The van der Waals surface area contributed by atoms with Gasteiger partial charge in [0.1, 0.15) is 5.75 Å². The molecule has 22 heavy (non-hydrogen) atoms. The molecule has 0 bridgehead atoms. The standard InChI is InChI=1S/C15H10ClF3O3/c16-13-7-10(1-2-11(13)8-14(20)21)9-3-5-12(6-4-9)22-15(17,18)19/h1-7H,8H2,(H,20,21). The Morgan fingerprint density at radius 3 is 2.18 bits per heavy atom. The Labute approximate surface area is 128 Å². The summed E-state index contributed by atoms with van der Waals surface area (Å²) in [7, 11) is 0. The second-order valence-corrected chi connectivity index (χ2v) is 4.86. The van der Waals surface area contributed by atoms with Crippen molar-refractivity contribution in [3.63, 3.8) is 0 Å². The minimum atomic E-state index is -4.73. The number of ether oxygens (including phenoxy) is 1. The number of hydrogen-bond donors (Lipinski definition) is 1. The minimum absolute atomic E-state index is 0.197. The molecular weight excluding hydrogens is 321 g/mol. The molecule has 3 nitrogen and oxygen atoms in total. The van der Waals surface area contributed by atoms with Gasteiger partial charge >= 0.3 is 12.3 Å². The van der Waals surface area contributed by atoms with Crippen LogP contribution in [0.1, 0.15) is 5.56 Å². The lowest BCUT2D eigenvalue weighted by molar-refractivity contribution is -0.274. The second kappa shape index (κ2) is 6.27. The summed E-state index contributed by atoms with van der Waals surface area (Å²) in [5.74, 6) is -1.31. The van der Waals surface area contributed by atoms with Gasteiger partial charge in [-0.05, 0) is 34.9 Å². The molecule has 1 N–H and O–H groups in total. The van der Waals surface area contributed by atoms with Crippen LogP contribution >= 0.6 is 11.6 Å². The van der Waals surface area contributed by atoms with E-state index < -0.39 is 12.3 Å². The molecule has 0 unspecified atom stereocenters. The van der Waals surface area contributed by atoms with Crippen LogP contribution in [0.4, 0.5) is 13.2 Å². The van der Waals surface area contributed by atoms with Crippen molar-refractivity contribution in [3.05, 3.63) is 53.1 Å². The number of carbonyl (C=O) groups is 1. The Balaban J connectivity index is 2.21. The molecule has 116 valence electrons. The summed E-state index contributed by atoms with van der Waals surface area (Å²) in [4.78, 5) is 10.7. The predicted octanol–water partition coefficient (Wildman–Crippen LogP) is 4.53. The van der Waals surface area contributed by atoms with E-state index in [2.05, 4.69) is 4.74 Å². The number of hydrogen-bond acceptors (Lipinski definition) is 2. The fraction of sp³-hybridized carbons (Fsp3) is 0.133. The van der Waals surface area contributed by atoms with Gasteiger partial charge < -0.3 is 9.84 Å². The van der Waals surface area contributed by atoms with Gasteiger partial charge in [0.2, 0.25) is 0 Å². The van der Waals surface area contributed by atoms with Gasteiger partial charge in [-0.15, -0.1) is 13.2 Å². The molecule has 0 saturated carbocycles. The molecule has 0 amide bonds. The van der Waals surface area contributed by atoms with Crippen molar-refractivity contribution < 1.29 is 27.8 Å². The molecule has 0 atom stereocenters. The van der Waals surface area contributed by atoms with Crippen LogP contribution in [-0.4, -0.2) is 17.4 Å². The number of aliphatic carboxylic acids is 1. The predicted molar refractivity (Wildman–Crippen MR) is 74.9 cm³/mol. The highest BCUT2D eigenvalue weighted by Gasteiger charge is 2.30. The average molecular weight is 331 g/mol. The first kappa shape index (κ1) is 16.2. The van der Waals surface area contributed by atoms with Crippen molar-refractivity contribution in [2.24, 2.45) is 0 Å². The van der Waals surface area contributed by atoms with Crippen LogP contribution in [0, 0.1) is 0 Å². The van der Waals surface area contributed by atoms with E-state index in [4.69, 9.17) is 16.7 Å². The van der Waals surface area contributed by atoms with E-state index in [9.17, 15) is 18.0 Å². The van der Waals surface area contributed by atoms with Gasteiger partial charge in [-0.3, -0.25) is 4.79 Å². The van der Waals surface area contributed by atoms with E-state index in [1.807, 2.05) is 0 Å². The first-order valence-corrected chi connectivity index (χ1v) is 6.49. The number of carboxylic acids is 1. The zero-order chi connectivity index (χ0) is 16.3. The van der Waals surface area contributed by atoms with Crippen LogP contribution in [0.2, 0.25) is 5.02 Å². The fourth-order valence-corrected chi connectivity index (χ4v) is 2.13. The molecule has 2 rings (SSSR count). The summed E-state index contributed by atoms with van der Waals surface area (Å²) in [6.07, 6.45) is -4.93. The second-order valence-electron chi connectivity index (χ2n) is 4.45. The summed E-state index contributed by atoms with van der Waals surface area (Å²) in [5.41, 5.74) is 1.77. The summed E-state index contributed by atoms with van der Waals surface area (Å²) in [6, 6.07) is 10.1. The van der Waals surface area contributed by atoms with Crippen molar-refractivity contribution in [3.8, 4) is 16.9 Å². The Hall–Kier alpha value is -2.21. The third kappa shape index (κ3) is 4.39. The van der Waals surface area contributed by atoms with Gasteiger partial charge in [0.05, 0.1) is 6.42 Å². The Morgan fingerprint density at radius 2 is 1.68 bits per heavy atom. The SMILES string of the molecule is O=C(O)Cc1ccc(-c2ccc(OC(F)(F)F)cc2)cc1Cl. The number of rotatable bonds is 4. The van der Waals surface area contributed by atoms with E-state index in [0.717, 1.165) is 0 Å². The quantitative estimate of drug-likeness (QED) is 0.895. The molecule has 0 saturated heterocycles. The van der Waals surface area contributed by atoms with Crippen LogP contribution in [0.5, 0.6) is 5.75 Å². The van der Waals surface area contributed by atoms with Crippen LogP contribution in [-0.2, 0) is 11.2 Å². The topological polar surface area (TPSA) is 46.5 Å². The zero-order valence-electron chi connectivity index (χ0n) is 11.0. The largest absolute Gasteiger partial charge is 0.573 e. The Morgan fingerprint density at radius 1 is 1.09 bits per heavy atom. The van der Waals surface area contributed by atoms with Crippen molar-refractivity contribution in [2.45, 2.75) is 12.8 Å². The van der Waals surface area contributed by atoms with Crippen molar-refractivity contribution in [1.82, 2.24) is 0 Å². The monoisotopic (exact) mass is 330 g/mol. The average Bonchev–Trinajstić information content (AvgIpc) is 2.40. The molecule has 0 aliphatic rings. The number of benzene rings is 2. The van der Waals surface area contributed by atoms with Crippen molar-refractivity contribution in [1.29, 1.82) is 0 Å². The van der Waals surface area contributed by atoms with E-state index in [-0.39, 0.29) is 17.2 Å². The van der Waals surface area contributed by atoms with Crippen LogP contribution < -0.4 is 4.74 Å². The molecule has 2 aromatic rings. The van der Waals surface area contributed by atoms with E-state index in [1.165, 1.54) is 24.3 Å². The third-order valence-electron chi connectivity index (χ3n) is 2.82. The summed E-state index contributed by atoms with van der Waals surface area (Å²) in [6.45, 7) is 0. The molecule has 0 aliphatic carbocycles. The van der Waals surface area contributed by atoms with Gasteiger partial charge in [-0.25, -0.2) is 0 Å². The number of alkyl halides is 3. The van der Waals surface area contributed by atoms with Gasteiger partial charge in [0.25, 0.3) is 0 Å². The first-order chi connectivity index (χ1) is 10.2.